The topological polar surface area (TPSA) is 63.6 Å². The van der Waals surface area contributed by atoms with E-state index in [-0.39, 0.29) is 5.56 Å². The van der Waals surface area contributed by atoms with Crippen LogP contribution in [0.15, 0.2) is 54.6 Å². The van der Waals surface area contributed by atoms with E-state index in [2.05, 4.69) is 4.74 Å². The molecule has 0 fully saturated rings. The molecule has 0 unspecified atom stereocenters. The van der Waals surface area contributed by atoms with Crippen LogP contribution >= 0.6 is 0 Å². The number of aromatic carboxylic acids is 1. The van der Waals surface area contributed by atoms with Gasteiger partial charge in [0.2, 0.25) is 6.10 Å². The van der Waals surface area contributed by atoms with Crippen molar-refractivity contribution in [1.82, 2.24) is 0 Å². The van der Waals surface area contributed by atoms with Gasteiger partial charge in [0.25, 0.3) is 0 Å². The molecule has 0 saturated carbocycles. The van der Waals surface area contributed by atoms with E-state index >= 15 is 0 Å². The summed E-state index contributed by atoms with van der Waals surface area (Å²) < 4.78 is 44.0. The predicted molar refractivity (Wildman–Crippen MR) is 74.1 cm³/mol. The van der Waals surface area contributed by atoms with Gasteiger partial charge in [-0.1, -0.05) is 42.5 Å². The van der Waals surface area contributed by atoms with Crippen LogP contribution in [0.2, 0.25) is 0 Å². The molecule has 4 nitrogen and oxygen atoms in total. The van der Waals surface area contributed by atoms with Gasteiger partial charge in [-0.2, -0.15) is 13.2 Å². The quantitative estimate of drug-likeness (QED) is 0.868. The number of halogens is 3. The number of benzene rings is 2. The van der Waals surface area contributed by atoms with Gasteiger partial charge >= 0.3 is 18.1 Å². The lowest BCUT2D eigenvalue weighted by Gasteiger charge is -2.21. The summed E-state index contributed by atoms with van der Waals surface area (Å²) in [4.78, 5) is 23.1. The maximum Gasteiger partial charge on any atom is 0.429 e. The Hall–Kier alpha value is -2.83. The van der Waals surface area contributed by atoms with Crippen LogP contribution in [0.1, 0.15) is 32.4 Å². The van der Waals surface area contributed by atoms with Crippen molar-refractivity contribution in [3.05, 3.63) is 71.3 Å². The maximum atomic E-state index is 13.1. The van der Waals surface area contributed by atoms with Gasteiger partial charge in [-0.05, 0) is 12.1 Å². The fourth-order valence-corrected chi connectivity index (χ4v) is 1.97. The molecule has 120 valence electrons. The smallest absolute Gasteiger partial charge is 0.429 e. The molecule has 0 aromatic heterocycles. The van der Waals surface area contributed by atoms with Crippen molar-refractivity contribution in [2.45, 2.75) is 12.3 Å². The van der Waals surface area contributed by atoms with Crippen LogP contribution in [0, 0.1) is 0 Å². The SMILES string of the molecule is O=C(O)c1ccccc1C(=O)O[C@H](c1ccccc1)C(F)(F)F. The first-order valence-electron chi connectivity index (χ1n) is 6.45. The standard InChI is InChI=1S/C16H11F3O4/c17-16(18,19)13(10-6-2-1-3-7-10)23-15(22)12-9-5-4-8-11(12)14(20)21/h1-9,13H,(H,20,21)/t13-/m1/s1. The molecule has 2 rings (SSSR count). The van der Waals surface area contributed by atoms with Crippen LogP contribution in [0.5, 0.6) is 0 Å². The summed E-state index contributed by atoms with van der Waals surface area (Å²) in [7, 11) is 0. The van der Waals surface area contributed by atoms with Gasteiger partial charge < -0.3 is 9.84 Å². The second-order valence-electron chi connectivity index (χ2n) is 4.59. The Bertz CT molecular complexity index is 711. The number of ether oxygens (including phenoxy) is 1. The predicted octanol–water partition coefficient (Wildman–Crippen LogP) is 3.85. The van der Waals surface area contributed by atoms with Crippen molar-refractivity contribution in [2.24, 2.45) is 0 Å². The summed E-state index contributed by atoms with van der Waals surface area (Å²) in [6.45, 7) is 0. The van der Waals surface area contributed by atoms with Crippen LogP contribution in [0.4, 0.5) is 13.2 Å². The second-order valence-corrected chi connectivity index (χ2v) is 4.59. The first kappa shape index (κ1) is 16.5. The second kappa shape index (κ2) is 6.51. The van der Waals surface area contributed by atoms with Crippen molar-refractivity contribution in [2.75, 3.05) is 0 Å². The molecule has 7 heteroatoms. The number of carboxylic acid groups (broad SMARTS) is 1. The monoisotopic (exact) mass is 324 g/mol. The summed E-state index contributed by atoms with van der Waals surface area (Å²) in [5.41, 5.74) is -1.11. The zero-order chi connectivity index (χ0) is 17.0. The van der Waals surface area contributed by atoms with E-state index in [1.54, 1.807) is 0 Å². The summed E-state index contributed by atoms with van der Waals surface area (Å²) >= 11 is 0. The highest BCUT2D eigenvalue weighted by molar-refractivity contribution is 6.02. The third kappa shape index (κ3) is 3.88. The summed E-state index contributed by atoms with van der Waals surface area (Å²) in [6.07, 6.45) is -7.30. The molecule has 0 aliphatic carbocycles. The van der Waals surface area contributed by atoms with E-state index in [9.17, 15) is 22.8 Å². The number of carbonyl (C=O) groups is 2. The average Bonchev–Trinajstić information content (AvgIpc) is 2.52. The normalized spacial score (nSPS) is 12.5. The third-order valence-corrected chi connectivity index (χ3v) is 3.00. The van der Waals surface area contributed by atoms with E-state index < -0.39 is 35.3 Å². The Morgan fingerprint density at radius 3 is 1.96 bits per heavy atom. The molecule has 1 atom stereocenters. The lowest BCUT2D eigenvalue weighted by molar-refractivity contribution is -0.207. The van der Waals surface area contributed by atoms with Crippen LogP contribution in [-0.4, -0.2) is 23.2 Å². The Balaban J connectivity index is 2.35. The van der Waals surface area contributed by atoms with Gasteiger partial charge in [0.1, 0.15) is 0 Å². The first-order chi connectivity index (χ1) is 10.8. The minimum Gasteiger partial charge on any atom is -0.478 e. The maximum absolute atomic E-state index is 13.1. The number of rotatable bonds is 4. The minimum absolute atomic E-state index is 0.249. The molecule has 0 amide bonds. The zero-order valence-electron chi connectivity index (χ0n) is 11.6. The lowest BCUT2D eigenvalue weighted by atomic mass is 10.1. The van der Waals surface area contributed by atoms with Gasteiger partial charge in [-0.25, -0.2) is 9.59 Å². The molecule has 0 saturated heterocycles. The number of carbonyl (C=O) groups excluding carboxylic acids is 1. The number of carboxylic acids is 1. The number of esters is 1. The highest BCUT2D eigenvalue weighted by Crippen LogP contribution is 2.36. The van der Waals surface area contributed by atoms with E-state index in [1.165, 1.54) is 42.5 Å². The molecule has 0 spiro atoms. The molecular weight excluding hydrogens is 313 g/mol. The molecule has 0 aliphatic heterocycles. The van der Waals surface area contributed by atoms with Gasteiger partial charge in [-0.3, -0.25) is 0 Å². The van der Waals surface area contributed by atoms with E-state index in [1.807, 2.05) is 0 Å². The van der Waals surface area contributed by atoms with E-state index in [4.69, 9.17) is 5.11 Å². The van der Waals surface area contributed by atoms with Gasteiger partial charge in [0, 0.05) is 5.56 Å². The Labute approximate surface area is 129 Å². The molecule has 2 aromatic carbocycles. The van der Waals surface area contributed by atoms with Crippen LogP contribution in [-0.2, 0) is 4.74 Å². The van der Waals surface area contributed by atoms with Crippen LogP contribution in [0.3, 0.4) is 0 Å². The molecular formula is C16H11F3O4. The average molecular weight is 324 g/mol. The van der Waals surface area contributed by atoms with Crippen molar-refractivity contribution >= 4 is 11.9 Å². The summed E-state index contributed by atoms with van der Waals surface area (Å²) in [5.74, 6) is -2.78. The molecule has 1 N–H and O–H groups in total. The fourth-order valence-electron chi connectivity index (χ4n) is 1.97. The highest BCUT2D eigenvalue weighted by atomic mass is 19.4. The first-order valence-corrected chi connectivity index (χ1v) is 6.45. The van der Waals surface area contributed by atoms with Crippen LogP contribution < -0.4 is 0 Å². The highest BCUT2D eigenvalue weighted by Gasteiger charge is 2.44. The largest absolute Gasteiger partial charge is 0.478 e. The fraction of sp³-hybridized carbons (Fsp3) is 0.125. The van der Waals surface area contributed by atoms with E-state index in [0.29, 0.717) is 0 Å². The number of alkyl halides is 3. The molecule has 0 aliphatic rings. The van der Waals surface area contributed by atoms with Crippen molar-refractivity contribution in [3.8, 4) is 0 Å². The van der Waals surface area contributed by atoms with Crippen molar-refractivity contribution in [1.29, 1.82) is 0 Å². The molecule has 23 heavy (non-hydrogen) atoms. The Kier molecular flexibility index (Phi) is 4.68. The lowest BCUT2D eigenvalue weighted by Crippen LogP contribution is -2.27. The zero-order valence-corrected chi connectivity index (χ0v) is 11.6. The molecule has 0 bridgehead atoms. The Morgan fingerprint density at radius 2 is 1.43 bits per heavy atom. The number of hydrogen-bond donors (Lipinski definition) is 1. The number of hydrogen-bond acceptors (Lipinski definition) is 3. The van der Waals surface area contributed by atoms with Gasteiger partial charge in [0.05, 0.1) is 11.1 Å². The Morgan fingerprint density at radius 1 is 0.913 bits per heavy atom. The van der Waals surface area contributed by atoms with Crippen molar-refractivity contribution < 1.29 is 32.6 Å². The van der Waals surface area contributed by atoms with Crippen LogP contribution in [0.25, 0.3) is 0 Å². The molecule has 0 heterocycles. The molecule has 0 radical (unpaired) electrons. The van der Waals surface area contributed by atoms with Crippen molar-refractivity contribution in [3.63, 3.8) is 0 Å². The summed E-state index contributed by atoms with van der Waals surface area (Å²) in [6, 6.07) is 11.6. The minimum atomic E-state index is -4.82. The third-order valence-electron chi connectivity index (χ3n) is 3.00. The summed E-state index contributed by atoms with van der Waals surface area (Å²) in [5, 5.41) is 9.00. The van der Waals surface area contributed by atoms with Gasteiger partial charge in [0.15, 0.2) is 0 Å². The van der Waals surface area contributed by atoms with E-state index in [0.717, 1.165) is 12.1 Å². The van der Waals surface area contributed by atoms with Gasteiger partial charge in [-0.15, -0.1) is 0 Å². The molecule has 2 aromatic rings.